The highest BCUT2D eigenvalue weighted by atomic mass is 16.6. The fourth-order valence-corrected chi connectivity index (χ4v) is 1.26. The summed E-state index contributed by atoms with van der Waals surface area (Å²) < 4.78 is 9.89. The minimum Gasteiger partial charge on any atom is -0.462 e. The van der Waals surface area contributed by atoms with E-state index in [9.17, 15) is 9.59 Å². The SMILES string of the molecule is CNC(=O)COCCOC(=O)C(N)Cc1cnc[nH]1. The first-order chi connectivity index (χ1) is 9.13. The van der Waals surface area contributed by atoms with Crippen LogP contribution in [0.2, 0.25) is 0 Å². The fourth-order valence-electron chi connectivity index (χ4n) is 1.26. The third kappa shape index (κ3) is 5.98. The van der Waals surface area contributed by atoms with Crippen molar-refractivity contribution in [1.82, 2.24) is 15.3 Å². The molecule has 0 saturated heterocycles. The van der Waals surface area contributed by atoms with Crippen LogP contribution in [0.3, 0.4) is 0 Å². The number of esters is 1. The Bertz CT molecular complexity index is 393. The number of carbonyl (C=O) groups excluding carboxylic acids is 2. The maximum atomic E-state index is 11.5. The number of aromatic amines is 1. The molecule has 8 heteroatoms. The third-order valence-electron chi connectivity index (χ3n) is 2.28. The number of aromatic nitrogens is 2. The van der Waals surface area contributed by atoms with Gasteiger partial charge in [-0.1, -0.05) is 0 Å². The van der Waals surface area contributed by atoms with E-state index in [0.717, 1.165) is 5.69 Å². The molecule has 0 aliphatic rings. The van der Waals surface area contributed by atoms with Crippen LogP contribution in [0.5, 0.6) is 0 Å². The number of imidazole rings is 1. The maximum Gasteiger partial charge on any atom is 0.323 e. The second kappa shape index (κ2) is 8.22. The van der Waals surface area contributed by atoms with Gasteiger partial charge in [-0.15, -0.1) is 0 Å². The fraction of sp³-hybridized carbons (Fsp3) is 0.545. The van der Waals surface area contributed by atoms with Crippen LogP contribution in [0.15, 0.2) is 12.5 Å². The lowest BCUT2D eigenvalue weighted by molar-refractivity contribution is -0.147. The predicted octanol–water partition coefficient (Wildman–Crippen LogP) is -1.41. The van der Waals surface area contributed by atoms with Crippen molar-refractivity contribution in [1.29, 1.82) is 0 Å². The number of hydrogen-bond acceptors (Lipinski definition) is 6. The zero-order chi connectivity index (χ0) is 14.1. The van der Waals surface area contributed by atoms with Gasteiger partial charge in [-0.3, -0.25) is 9.59 Å². The molecule has 1 amide bonds. The summed E-state index contributed by atoms with van der Waals surface area (Å²) in [4.78, 5) is 29.0. The van der Waals surface area contributed by atoms with Crippen molar-refractivity contribution in [2.45, 2.75) is 12.5 Å². The first-order valence-corrected chi connectivity index (χ1v) is 5.81. The van der Waals surface area contributed by atoms with Crippen LogP contribution in [0.25, 0.3) is 0 Å². The monoisotopic (exact) mass is 270 g/mol. The molecule has 0 fully saturated rings. The molecule has 1 aromatic rings. The summed E-state index contributed by atoms with van der Waals surface area (Å²) in [5.41, 5.74) is 6.43. The first-order valence-electron chi connectivity index (χ1n) is 5.81. The minimum atomic E-state index is -0.751. The average Bonchev–Trinajstić information content (AvgIpc) is 2.90. The minimum absolute atomic E-state index is 0.0613. The van der Waals surface area contributed by atoms with E-state index >= 15 is 0 Å². The van der Waals surface area contributed by atoms with Gasteiger partial charge < -0.3 is 25.5 Å². The molecule has 0 radical (unpaired) electrons. The number of nitrogens with two attached hydrogens (primary N) is 1. The van der Waals surface area contributed by atoms with Crippen LogP contribution in [0, 0.1) is 0 Å². The first kappa shape index (κ1) is 15.1. The molecule has 1 rings (SSSR count). The van der Waals surface area contributed by atoms with Crippen LogP contribution >= 0.6 is 0 Å². The van der Waals surface area contributed by atoms with E-state index in [1.165, 1.54) is 13.4 Å². The molecule has 1 heterocycles. The zero-order valence-electron chi connectivity index (χ0n) is 10.7. The Balaban J connectivity index is 2.11. The lowest BCUT2D eigenvalue weighted by Crippen LogP contribution is -2.35. The molecule has 106 valence electrons. The number of ether oxygens (including phenoxy) is 2. The number of hydrogen-bond donors (Lipinski definition) is 3. The van der Waals surface area contributed by atoms with Crippen molar-refractivity contribution in [2.75, 3.05) is 26.9 Å². The number of likely N-dealkylation sites (N-methyl/N-ethyl adjacent to an activating group) is 1. The van der Waals surface area contributed by atoms with Crippen molar-refractivity contribution in [3.05, 3.63) is 18.2 Å². The van der Waals surface area contributed by atoms with Crippen molar-refractivity contribution in [3.8, 4) is 0 Å². The van der Waals surface area contributed by atoms with Gasteiger partial charge in [-0.25, -0.2) is 4.98 Å². The second-order valence-electron chi connectivity index (χ2n) is 3.78. The van der Waals surface area contributed by atoms with Gasteiger partial charge in [0.25, 0.3) is 0 Å². The van der Waals surface area contributed by atoms with Crippen LogP contribution in [0.1, 0.15) is 5.69 Å². The topological polar surface area (TPSA) is 119 Å². The smallest absolute Gasteiger partial charge is 0.323 e. The van der Waals surface area contributed by atoms with Gasteiger partial charge in [0.15, 0.2) is 0 Å². The Hall–Kier alpha value is -1.93. The number of nitrogens with one attached hydrogen (secondary N) is 2. The van der Waals surface area contributed by atoms with Crippen LogP contribution in [0.4, 0.5) is 0 Å². The van der Waals surface area contributed by atoms with E-state index in [0.29, 0.717) is 6.42 Å². The third-order valence-corrected chi connectivity index (χ3v) is 2.28. The number of amides is 1. The largest absolute Gasteiger partial charge is 0.462 e. The molecule has 1 atom stereocenters. The van der Waals surface area contributed by atoms with Gasteiger partial charge >= 0.3 is 5.97 Å². The molecule has 8 nitrogen and oxygen atoms in total. The molecule has 19 heavy (non-hydrogen) atoms. The van der Waals surface area contributed by atoms with Gasteiger partial charge in [0.05, 0.1) is 12.9 Å². The van der Waals surface area contributed by atoms with Gasteiger partial charge in [0.1, 0.15) is 19.3 Å². The summed E-state index contributed by atoms with van der Waals surface area (Å²) in [6.45, 7) is 0.149. The normalized spacial score (nSPS) is 11.9. The standard InChI is InChI=1S/C11H18N4O4/c1-13-10(16)6-18-2-3-19-11(17)9(12)4-8-5-14-7-15-8/h5,7,9H,2-4,6,12H2,1H3,(H,13,16)(H,14,15). The highest BCUT2D eigenvalue weighted by Gasteiger charge is 2.16. The summed E-state index contributed by atoms with van der Waals surface area (Å²) in [6, 6.07) is -0.751. The maximum absolute atomic E-state index is 11.5. The van der Waals surface area contributed by atoms with Crippen molar-refractivity contribution >= 4 is 11.9 Å². The van der Waals surface area contributed by atoms with E-state index in [2.05, 4.69) is 15.3 Å². The summed E-state index contributed by atoms with van der Waals surface area (Å²) in [6.07, 6.45) is 3.44. The number of H-pyrrole nitrogens is 1. The summed E-state index contributed by atoms with van der Waals surface area (Å²) >= 11 is 0. The average molecular weight is 270 g/mol. The molecular formula is C11H18N4O4. The quantitative estimate of drug-likeness (QED) is 0.394. The predicted molar refractivity (Wildman–Crippen MR) is 66.1 cm³/mol. The zero-order valence-corrected chi connectivity index (χ0v) is 10.7. The summed E-state index contributed by atoms with van der Waals surface area (Å²) in [7, 11) is 1.51. The van der Waals surface area contributed by atoms with Crippen LogP contribution in [-0.2, 0) is 25.5 Å². The molecule has 0 bridgehead atoms. The van der Waals surface area contributed by atoms with E-state index in [1.807, 2.05) is 0 Å². The molecule has 0 saturated carbocycles. The Morgan fingerprint density at radius 1 is 1.53 bits per heavy atom. The lowest BCUT2D eigenvalue weighted by Gasteiger charge is -2.10. The molecule has 0 spiro atoms. The van der Waals surface area contributed by atoms with Gasteiger partial charge in [0.2, 0.25) is 5.91 Å². The summed E-state index contributed by atoms with van der Waals surface area (Å²) in [5, 5.41) is 2.41. The van der Waals surface area contributed by atoms with Gasteiger partial charge in [-0.05, 0) is 0 Å². The lowest BCUT2D eigenvalue weighted by atomic mass is 10.2. The van der Waals surface area contributed by atoms with Crippen molar-refractivity contribution < 1.29 is 19.1 Å². The molecule has 1 unspecified atom stereocenters. The Morgan fingerprint density at radius 3 is 2.95 bits per heavy atom. The molecule has 4 N–H and O–H groups in total. The second-order valence-corrected chi connectivity index (χ2v) is 3.78. The number of carbonyl (C=O) groups is 2. The van der Waals surface area contributed by atoms with E-state index < -0.39 is 12.0 Å². The summed E-state index contributed by atoms with van der Waals surface area (Å²) in [5.74, 6) is -0.750. The molecule has 1 aromatic heterocycles. The Morgan fingerprint density at radius 2 is 2.32 bits per heavy atom. The van der Waals surface area contributed by atoms with E-state index in [4.69, 9.17) is 15.2 Å². The van der Waals surface area contributed by atoms with Crippen molar-refractivity contribution in [2.24, 2.45) is 5.73 Å². The Labute approximate surface area is 110 Å². The van der Waals surface area contributed by atoms with Gasteiger partial charge in [0, 0.05) is 25.4 Å². The Kier molecular flexibility index (Phi) is 6.55. The highest BCUT2D eigenvalue weighted by molar-refractivity contribution is 5.76. The number of nitrogens with zero attached hydrogens (tertiary/aromatic N) is 1. The van der Waals surface area contributed by atoms with Crippen LogP contribution < -0.4 is 11.1 Å². The number of rotatable bonds is 8. The van der Waals surface area contributed by atoms with E-state index in [1.54, 1.807) is 6.20 Å². The van der Waals surface area contributed by atoms with Crippen molar-refractivity contribution in [3.63, 3.8) is 0 Å². The molecule has 0 aromatic carbocycles. The molecule has 0 aliphatic heterocycles. The molecule has 0 aliphatic carbocycles. The highest BCUT2D eigenvalue weighted by Crippen LogP contribution is 1.98. The van der Waals surface area contributed by atoms with Crippen LogP contribution in [-0.4, -0.2) is 54.8 Å². The van der Waals surface area contributed by atoms with Gasteiger partial charge in [-0.2, -0.15) is 0 Å². The molecular weight excluding hydrogens is 252 g/mol. The van der Waals surface area contributed by atoms with E-state index in [-0.39, 0.29) is 25.7 Å².